The summed E-state index contributed by atoms with van der Waals surface area (Å²) in [4.78, 5) is 0. The maximum atomic E-state index is 6.25. The molecule has 0 bridgehead atoms. The van der Waals surface area contributed by atoms with Crippen LogP contribution >= 0.6 is 0 Å². The fourth-order valence-electron chi connectivity index (χ4n) is 2.61. The molecule has 4 heteroatoms. The fraction of sp³-hybridized carbons (Fsp3) is 0.0526. The van der Waals surface area contributed by atoms with Gasteiger partial charge in [-0.2, -0.15) is 0 Å². The van der Waals surface area contributed by atoms with Gasteiger partial charge >= 0.3 is 0 Å². The minimum atomic E-state index is 0.406. The third kappa shape index (κ3) is 2.79. The Bertz CT molecular complexity index is 844. The van der Waals surface area contributed by atoms with E-state index in [4.69, 9.17) is 22.9 Å². The quantitative estimate of drug-likeness (QED) is 0.542. The van der Waals surface area contributed by atoms with E-state index in [1.165, 1.54) is 5.56 Å². The van der Waals surface area contributed by atoms with E-state index < -0.39 is 0 Å². The summed E-state index contributed by atoms with van der Waals surface area (Å²) in [5.74, 6) is 0. The second-order valence-corrected chi connectivity index (χ2v) is 5.74. The maximum Gasteiger partial charge on any atom is 0.0781 e. The molecule has 3 rings (SSSR count). The molecule has 0 atom stereocenters. The second kappa shape index (κ2) is 5.57. The van der Waals surface area contributed by atoms with Crippen LogP contribution in [0.4, 0.5) is 22.7 Å². The van der Waals surface area contributed by atoms with Crippen LogP contribution in [0.5, 0.6) is 0 Å². The van der Waals surface area contributed by atoms with Gasteiger partial charge in [0.15, 0.2) is 0 Å². The number of benzene rings is 3. The highest BCUT2D eigenvalue weighted by Gasteiger charge is 2.09. The molecule has 0 aromatic heterocycles. The lowest BCUT2D eigenvalue weighted by molar-refractivity contribution is 1.47. The average molecular weight is 304 g/mol. The summed E-state index contributed by atoms with van der Waals surface area (Å²) in [6.45, 7) is 2.07. The molecule has 0 radical (unpaired) electrons. The molecule has 0 unspecified atom stereocenters. The summed E-state index contributed by atoms with van der Waals surface area (Å²) in [6, 6.07) is 17.9. The molecule has 0 spiro atoms. The molecule has 23 heavy (non-hydrogen) atoms. The summed E-state index contributed by atoms with van der Waals surface area (Å²) in [5.41, 5.74) is 31.0. The first kappa shape index (κ1) is 14.8. The smallest absolute Gasteiger partial charge is 0.0781 e. The molecule has 8 N–H and O–H groups in total. The van der Waals surface area contributed by atoms with E-state index in [1.54, 1.807) is 12.1 Å². The molecule has 0 aliphatic heterocycles. The summed E-state index contributed by atoms with van der Waals surface area (Å²) in [5, 5.41) is 0. The van der Waals surface area contributed by atoms with Crippen molar-refractivity contribution < 1.29 is 0 Å². The Kier molecular flexibility index (Phi) is 3.58. The number of nitrogens with two attached hydrogens (primary N) is 4. The van der Waals surface area contributed by atoms with Crippen molar-refractivity contribution >= 4 is 22.7 Å². The van der Waals surface area contributed by atoms with E-state index >= 15 is 0 Å². The highest BCUT2D eigenvalue weighted by molar-refractivity contribution is 5.89. The molecule has 3 aromatic carbocycles. The van der Waals surface area contributed by atoms with Crippen molar-refractivity contribution in [2.24, 2.45) is 0 Å². The van der Waals surface area contributed by atoms with Crippen molar-refractivity contribution in [3.63, 3.8) is 0 Å². The summed E-state index contributed by atoms with van der Waals surface area (Å²) in [6.07, 6.45) is 0. The molecule has 116 valence electrons. The van der Waals surface area contributed by atoms with Gasteiger partial charge in [-0.1, -0.05) is 42.0 Å². The SMILES string of the molecule is Cc1ccc(-c2ccc(-c3cc(N)c(N)c(N)c3)c(N)c2)cc1. The van der Waals surface area contributed by atoms with Gasteiger partial charge in [0.1, 0.15) is 0 Å². The maximum absolute atomic E-state index is 6.25. The Morgan fingerprint density at radius 3 is 1.65 bits per heavy atom. The number of hydrogen-bond acceptors (Lipinski definition) is 4. The van der Waals surface area contributed by atoms with Crippen LogP contribution in [0.2, 0.25) is 0 Å². The van der Waals surface area contributed by atoms with Gasteiger partial charge in [-0.3, -0.25) is 0 Å². The largest absolute Gasteiger partial charge is 0.398 e. The highest BCUT2D eigenvalue weighted by atomic mass is 14.7. The Labute approximate surface area is 135 Å². The molecule has 0 saturated heterocycles. The zero-order valence-electron chi connectivity index (χ0n) is 13.0. The minimum Gasteiger partial charge on any atom is -0.398 e. The lowest BCUT2D eigenvalue weighted by atomic mass is 9.97. The third-order valence-corrected chi connectivity index (χ3v) is 3.99. The fourth-order valence-corrected chi connectivity index (χ4v) is 2.61. The zero-order chi connectivity index (χ0) is 16.6. The second-order valence-electron chi connectivity index (χ2n) is 5.74. The van der Waals surface area contributed by atoms with Crippen molar-refractivity contribution in [1.29, 1.82) is 0 Å². The standard InChI is InChI=1S/C19H20N4/c1-11-2-4-12(5-3-11)13-6-7-15(16(20)8-13)14-9-17(21)19(23)18(22)10-14/h2-10H,20-23H2,1H3. The van der Waals surface area contributed by atoms with Gasteiger partial charge in [-0.25, -0.2) is 0 Å². The van der Waals surface area contributed by atoms with Crippen LogP contribution in [-0.4, -0.2) is 0 Å². The van der Waals surface area contributed by atoms with Crippen molar-refractivity contribution in [3.8, 4) is 22.3 Å². The molecule has 0 saturated carbocycles. The van der Waals surface area contributed by atoms with Gasteiger partial charge < -0.3 is 22.9 Å². The third-order valence-electron chi connectivity index (χ3n) is 3.99. The van der Waals surface area contributed by atoms with Gasteiger partial charge in [-0.05, 0) is 41.8 Å². The van der Waals surface area contributed by atoms with E-state index in [1.807, 2.05) is 18.2 Å². The van der Waals surface area contributed by atoms with Crippen molar-refractivity contribution in [2.75, 3.05) is 22.9 Å². The number of nitrogen functional groups attached to an aromatic ring is 4. The van der Waals surface area contributed by atoms with Crippen molar-refractivity contribution in [1.82, 2.24) is 0 Å². The summed E-state index contributed by atoms with van der Waals surface area (Å²) >= 11 is 0. The lowest BCUT2D eigenvalue weighted by Crippen LogP contribution is -2.01. The topological polar surface area (TPSA) is 104 Å². The Morgan fingerprint density at radius 1 is 0.565 bits per heavy atom. The highest BCUT2D eigenvalue weighted by Crippen LogP contribution is 2.35. The van der Waals surface area contributed by atoms with Gasteiger partial charge in [0.25, 0.3) is 0 Å². The predicted octanol–water partition coefficient (Wildman–Crippen LogP) is 3.66. The van der Waals surface area contributed by atoms with Crippen LogP contribution in [0.1, 0.15) is 5.56 Å². The first-order valence-electron chi connectivity index (χ1n) is 7.37. The van der Waals surface area contributed by atoms with Crippen LogP contribution in [0.3, 0.4) is 0 Å². The van der Waals surface area contributed by atoms with E-state index in [-0.39, 0.29) is 0 Å². The molecule has 4 nitrogen and oxygen atoms in total. The van der Waals surface area contributed by atoms with E-state index in [0.717, 1.165) is 22.3 Å². The normalized spacial score (nSPS) is 10.7. The summed E-state index contributed by atoms with van der Waals surface area (Å²) in [7, 11) is 0. The monoisotopic (exact) mass is 304 g/mol. The molecule has 0 heterocycles. The van der Waals surface area contributed by atoms with Crippen LogP contribution in [0.25, 0.3) is 22.3 Å². The first-order valence-corrected chi connectivity index (χ1v) is 7.37. The van der Waals surface area contributed by atoms with Crippen LogP contribution < -0.4 is 22.9 Å². The minimum absolute atomic E-state index is 0.406. The van der Waals surface area contributed by atoms with E-state index in [2.05, 4.69) is 31.2 Å². The number of hydrogen-bond donors (Lipinski definition) is 4. The molecular weight excluding hydrogens is 284 g/mol. The zero-order valence-corrected chi connectivity index (χ0v) is 13.0. The lowest BCUT2D eigenvalue weighted by Gasteiger charge is -2.12. The molecular formula is C19H20N4. The predicted molar refractivity (Wildman–Crippen MR) is 99.7 cm³/mol. The van der Waals surface area contributed by atoms with Crippen molar-refractivity contribution in [3.05, 3.63) is 60.2 Å². The van der Waals surface area contributed by atoms with E-state index in [0.29, 0.717) is 22.7 Å². The Balaban J connectivity index is 2.04. The molecule has 0 aliphatic carbocycles. The van der Waals surface area contributed by atoms with Crippen LogP contribution in [0.15, 0.2) is 54.6 Å². The van der Waals surface area contributed by atoms with Crippen molar-refractivity contribution in [2.45, 2.75) is 6.92 Å². The van der Waals surface area contributed by atoms with Gasteiger partial charge in [0.2, 0.25) is 0 Å². The average Bonchev–Trinajstić information content (AvgIpc) is 2.53. The Morgan fingerprint density at radius 2 is 1.09 bits per heavy atom. The molecule has 0 amide bonds. The number of anilines is 4. The number of aryl methyl sites for hydroxylation is 1. The Hall–Kier alpha value is -3.14. The first-order chi connectivity index (χ1) is 11.0. The van der Waals surface area contributed by atoms with Crippen LogP contribution in [-0.2, 0) is 0 Å². The van der Waals surface area contributed by atoms with Crippen LogP contribution in [0, 0.1) is 6.92 Å². The molecule has 3 aromatic rings. The molecule has 0 fully saturated rings. The summed E-state index contributed by atoms with van der Waals surface area (Å²) < 4.78 is 0. The van der Waals surface area contributed by atoms with Gasteiger partial charge in [0, 0.05) is 11.3 Å². The van der Waals surface area contributed by atoms with Gasteiger partial charge in [-0.15, -0.1) is 0 Å². The molecule has 0 aliphatic rings. The van der Waals surface area contributed by atoms with E-state index in [9.17, 15) is 0 Å². The number of rotatable bonds is 2. The van der Waals surface area contributed by atoms with Gasteiger partial charge in [0.05, 0.1) is 17.1 Å².